The van der Waals surface area contributed by atoms with E-state index < -0.39 is 0 Å². The zero-order valence-corrected chi connectivity index (χ0v) is 9.56. The van der Waals surface area contributed by atoms with Gasteiger partial charge in [0.05, 0.1) is 10.7 Å². The van der Waals surface area contributed by atoms with Crippen LogP contribution in [0.15, 0.2) is 36.4 Å². The third kappa shape index (κ3) is 2.62. The van der Waals surface area contributed by atoms with Gasteiger partial charge in [-0.05, 0) is 30.3 Å². The van der Waals surface area contributed by atoms with Crippen LogP contribution in [0.3, 0.4) is 0 Å². The summed E-state index contributed by atoms with van der Waals surface area (Å²) in [5.74, 6) is 0.176. The van der Waals surface area contributed by atoms with Crippen LogP contribution in [-0.4, -0.2) is 4.98 Å². The summed E-state index contributed by atoms with van der Waals surface area (Å²) in [6.07, 6.45) is 0. The first-order valence-corrected chi connectivity index (χ1v) is 5.25. The van der Waals surface area contributed by atoms with Crippen LogP contribution in [0.5, 0.6) is 0 Å². The van der Waals surface area contributed by atoms with Gasteiger partial charge in [-0.2, -0.15) is 0 Å². The molecule has 0 spiro atoms. The van der Waals surface area contributed by atoms with Crippen LogP contribution >= 0.6 is 23.2 Å². The van der Waals surface area contributed by atoms with Crippen molar-refractivity contribution >= 4 is 34.7 Å². The number of hydrogen-bond donors (Lipinski definition) is 1. The average Bonchev–Trinajstić information content (AvgIpc) is 2.22. The van der Waals surface area contributed by atoms with Crippen molar-refractivity contribution in [3.8, 4) is 0 Å². The Bertz CT molecular complexity index is 517. The van der Waals surface area contributed by atoms with Gasteiger partial charge in [0.1, 0.15) is 16.8 Å². The van der Waals surface area contributed by atoms with E-state index in [9.17, 15) is 4.39 Å². The molecule has 0 amide bonds. The molecule has 2 nitrogen and oxygen atoms in total. The van der Waals surface area contributed by atoms with E-state index in [1.165, 1.54) is 12.1 Å². The van der Waals surface area contributed by atoms with Gasteiger partial charge in [-0.25, -0.2) is 9.37 Å². The molecule has 0 aliphatic heterocycles. The van der Waals surface area contributed by atoms with E-state index in [2.05, 4.69) is 10.3 Å². The van der Waals surface area contributed by atoms with Gasteiger partial charge in [0.25, 0.3) is 0 Å². The molecule has 2 aromatic rings. The molecule has 0 aliphatic carbocycles. The lowest BCUT2D eigenvalue weighted by molar-refractivity contribution is 0.628. The molecule has 5 heteroatoms. The highest BCUT2D eigenvalue weighted by molar-refractivity contribution is 6.33. The van der Waals surface area contributed by atoms with Gasteiger partial charge in [0.15, 0.2) is 0 Å². The van der Waals surface area contributed by atoms with Gasteiger partial charge < -0.3 is 5.32 Å². The molecule has 0 unspecified atom stereocenters. The second kappa shape index (κ2) is 4.68. The Balaban J connectivity index is 2.27. The molecule has 0 bridgehead atoms. The summed E-state index contributed by atoms with van der Waals surface area (Å²) >= 11 is 11.6. The fourth-order valence-corrected chi connectivity index (χ4v) is 1.58. The predicted octanol–water partition coefficient (Wildman–Crippen LogP) is 4.27. The number of aromatic nitrogens is 1. The molecule has 0 fully saturated rings. The van der Waals surface area contributed by atoms with Gasteiger partial charge in [-0.3, -0.25) is 0 Å². The summed E-state index contributed by atoms with van der Waals surface area (Å²) in [6, 6.07) is 9.26. The van der Waals surface area contributed by atoms with Crippen LogP contribution in [0.25, 0.3) is 0 Å². The first-order chi connectivity index (χ1) is 7.65. The van der Waals surface area contributed by atoms with Crippen molar-refractivity contribution < 1.29 is 4.39 Å². The molecule has 2 rings (SSSR count). The lowest BCUT2D eigenvalue weighted by Crippen LogP contribution is -1.94. The highest BCUT2D eigenvalue weighted by Gasteiger charge is 2.03. The molecule has 0 saturated heterocycles. The van der Waals surface area contributed by atoms with Crippen molar-refractivity contribution in [3.63, 3.8) is 0 Å². The van der Waals surface area contributed by atoms with E-state index in [0.29, 0.717) is 21.7 Å². The molecule has 1 heterocycles. The highest BCUT2D eigenvalue weighted by Crippen LogP contribution is 2.25. The second-order valence-corrected chi connectivity index (χ2v) is 3.89. The molecular weight excluding hydrogens is 250 g/mol. The predicted molar refractivity (Wildman–Crippen MR) is 63.9 cm³/mol. The normalized spacial score (nSPS) is 10.2. The van der Waals surface area contributed by atoms with Gasteiger partial charge in [-0.15, -0.1) is 0 Å². The molecule has 1 aromatic heterocycles. The Hall–Kier alpha value is -1.32. The number of halogens is 3. The smallest absolute Gasteiger partial charge is 0.132 e. The molecular formula is C11H7Cl2FN2. The van der Waals surface area contributed by atoms with Crippen molar-refractivity contribution in [2.75, 3.05) is 5.32 Å². The van der Waals surface area contributed by atoms with Crippen molar-refractivity contribution in [3.05, 3.63) is 52.4 Å². The largest absolute Gasteiger partial charge is 0.339 e. The third-order valence-corrected chi connectivity index (χ3v) is 2.43. The second-order valence-electron chi connectivity index (χ2n) is 3.09. The lowest BCUT2D eigenvalue weighted by Gasteiger charge is -2.07. The van der Waals surface area contributed by atoms with E-state index >= 15 is 0 Å². The zero-order chi connectivity index (χ0) is 11.5. The average molecular weight is 257 g/mol. The van der Waals surface area contributed by atoms with Crippen molar-refractivity contribution in [1.82, 2.24) is 4.98 Å². The van der Waals surface area contributed by atoms with Crippen LogP contribution in [0, 0.1) is 5.82 Å². The Morgan fingerprint density at radius 3 is 2.62 bits per heavy atom. The minimum absolute atomic E-state index is 0.293. The van der Waals surface area contributed by atoms with Crippen molar-refractivity contribution in [2.45, 2.75) is 0 Å². The third-order valence-electron chi connectivity index (χ3n) is 1.91. The maximum absolute atomic E-state index is 12.8. The van der Waals surface area contributed by atoms with E-state index in [-0.39, 0.29) is 5.82 Å². The first kappa shape index (κ1) is 11.2. The number of pyridine rings is 1. The fraction of sp³-hybridized carbons (Fsp3) is 0. The maximum Gasteiger partial charge on any atom is 0.132 e. The summed E-state index contributed by atoms with van der Waals surface area (Å²) in [5, 5.41) is 3.62. The first-order valence-electron chi connectivity index (χ1n) is 4.50. The summed E-state index contributed by atoms with van der Waals surface area (Å²) in [4.78, 5) is 4.03. The molecule has 0 radical (unpaired) electrons. The number of benzene rings is 1. The van der Waals surface area contributed by atoms with E-state index in [0.717, 1.165) is 0 Å². The topological polar surface area (TPSA) is 24.9 Å². The molecule has 0 saturated carbocycles. The Morgan fingerprint density at radius 2 is 1.94 bits per heavy atom. The van der Waals surface area contributed by atoms with Gasteiger partial charge in [-0.1, -0.05) is 29.3 Å². The van der Waals surface area contributed by atoms with Crippen molar-refractivity contribution in [2.24, 2.45) is 0 Å². The monoisotopic (exact) mass is 256 g/mol. The standard InChI is InChI=1S/C11H7Cl2FN2/c12-8-6-7(14)4-5-9(8)15-11-3-1-2-10(13)16-11/h1-6H,(H,15,16). The lowest BCUT2D eigenvalue weighted by atomic mass is 10.3. The number of nitrogens with one attached hydrogen (secondary N) is 1. The summed E-state index contributed by atoms with van der Waals surface area (Å²) in [6.45, 7) is 0. The van der Waals surface area contributed by atoms with E-state index in [4.69, 9.17) is 23.2 Å². The molecule has 16 heavy (non-hydrogen) atoms. The van der Waals surface area contributed by atoms with Crippen LogP contribution < -0.4 is 5.32 Å². The zero-order valence-electron chi connectivity index (χ0n) is 8.05. The molecule has 1 aromatic carbocycles. The van der Waals surface area contributed by atoms with Gasteiger partial charge >= 0.3 is 0 Å². The van der Waals surface area contributed by atoms with E-state index in [1.54, 1.807) is 24.3 Å². The number of hydrogen-bond acceptors (Lipinski definition) is 2. The molecule has 82 valence electrons. The minimum atomic E-state index is -0.380. The summed E-state index contributed by atoms with van der Waals surface area (Å²) in [7, 11) is 0. The SMILES string of the molecule is Fc1ccc(Nc2cccc(Cl)n2)c(Cl)c1. The molecule has 1 N–H and O–H groups in total. The van der Waals surface area contributed by atoms with Crippen LogP contribution in [0.4, 0.5) is 15.9 Å². The van der Waals surface area contributed by atoms with Gasteiger partial charge in [0.2, 0.25) is 0 Å². The molecule has 0 aliphatic rings. The Morgan fingerprint density at radius 1 is 1.12 bits per heavy atom. The maximum atomic E-state index is 12.8. The van der Waals surface area contributed by atoms with Crippen LogP contribution in [0.1, 0.15) is 0 Å². The van der Waals surface area contributed by atoms with Crippen LogP contribution in [0.2, 0.25) is 10.2 Å². The van der Waals surface area contributed by atoms with Crippen molar-refractivity contribution in [1.29, 1.82) is 0 Å². The quantitative estimate of drug-likeness (QED) is 0.812. The molecule has 0 atom stereocenters. The van der Waals surface area contributed by atoms with Gasteiger partial charge in [0, 0.05) is 0 Å². The Labute approximate surface area is 102 Å². The van der Waals surface area contributed by atoms with E-state index in [1.807, 2.05) is 0 Å². The fourth-order valence-electron chi connectivity index (χ4n) is 1.21. The number of rotatable bonds is 2. The Kier molecular flexibility index (Phi) is 3.27. The number of anilines is 2. The minimum Gasteiger partial charge on any atom is -0.339 e. The highest BCUT2D eigenvalue weighted by atomic mass is 35.5. The summed E-state index contributed by atoms with van der Waals surface area (Å²) < 4.78 is 12.8. The summed E-state index contributed by atoms with van der Waals surface area (Å²) in [5.41, 5.74) is 0.581. The number of nitrogens with zero attached hydrogens (tertiary/aromatic N) is 1. The van der Waals surface area contributed by atoms with Crippen LogP contribution in [-0.2, 0) is 0 Å².